The normalized spacial score (nSPS) is 21.0. The molecule has 1 aliphatic heterocycles. The molecule has 132 valence electrons. The number of rotatable bonds is 5. The van der Waals surface area contributed by atoms with Gasteiger partial charge in [-0.05, 0) is 37.1 Å². The van der Waals surface area contributed by atoms with Crippen molar-refractivity contribution in [2.24, 2.45) is 0 Å². The van der Waals surface area contributed by atoms with E-state index in [1.54, 1.807) is 24.5 Å². The molecular formula is C20H25N3O2. The Balaban J connectivity index is 1.51. The maximum atomic E-state index is 12.0. The lowest BCUT2D eigenvalue weighted by Crippen LogP contribution is -2.44. The van der Waals surface area contributed by atoms with Crippen molar-refractivity contribution in [1.82, 2.24) is 15.2 Å². The number of ether oxygens (including phenoxy) is 1. The zero-order valence-electron chi connectivity index (χ0n) is 14.8. The summed E-state index contributed by atoms with van der Waals surface area (Å²) < 4.78 is 5.78. The van der Waals surface area contributed by atoms with Gasteiger partial charge in [-0.15, -0.1) is 0 Å². The fourth-order valence-corrected chi connectivity index (χ4v) is 3.22. The van der Waals surface area contributed by atoms with Gasteiger partial charge in [0.05, 0.1) is 17.8 Å². The molecule has 0 bridgehead atoms. The quantitative estimate of drug-likeness (QED) is 0.910. The summed E-state index contributed by atoms with van der Waals surface area (Å²) in [4.78, 5) is 18.4. The van der Waals surface area contributed by atoms with Gasteiger partial charge in [-0.2, -0.15) is 0 Å². The Bertz CT molecular complexity index is 678. The van der Waals surface area contributed by atoms with Crippen LogP contribution in [0.2, 0.25) is 0 Å². The number of aromatic nitrogens is 1. The summed E-state index contributed by atoms with van der Waals surface area (Å²) in [5.74, 6) is -0.103. The van der Waals surface area contributed by atoms with Gasteiger partial charge in [0, 0.05) is 38.6 Å². The summed E-state index contributed by atoms with van der Waals surface area (Å²) in [6, 6.07) is 11.9. The first kappa shape index (κ1) is 17.6. The number of benzene rings is 1. The third-order valence-corrected chi connectivity index (χ3v) is 4.30. The van der Waals surface area contributed by atoms with Gasteiger partial charge >= 0.3 is 0 Å². The molecule has 0 unspecified atom stereocenters. The SMILES string of the molecule is C[C@@H]1CN(Cc2ccc(CNC(=O)c3cccnc3)cc2)C[C@H](C)O1. The van der Waals surface area contributed by atoms with Gasteiger partial charge in [-0.1, -0.05) is 24.3 Å². The standard InChI is InChI=1S/C20H25N3O2/c1-15-12-23(13-16(2)25-15)14-18-7-5-17(6-8-18)10-22-20(24)19-4-3-9-21-11-19/h3-9,11,15-16H,10,12-14H2,1-2H3,(H,22,24)/t15-,16+. The third-order valence-electron chi connectivity index (χ3n) is 4.30. The lowest BCUT2D eigenvalue weighted by Gasteiger charge is -2.35. The number of nitrogens with one attached hydrogen (secondary N) is 1. The lowest BCUT2D eigenvalue weighted by atomic mass is 10.1. The monoisotopic (exact) mass is 339 g/mol. The number of hydrogen-bond donors (Lipinski definition) is 1. The molecule has 0 aliphatic carbocycles. The fourth-order valence-electron chi connectivity index (χ4n) is 3.22. The average Bonchev–Trinajstić information content (AvgIpc) is 2.61. The first-order valence-electron chi connectivity index (χ1n) is 8.74. The van der Waals surface area contributed by atoms with Crippen LogP contribution < -0.4 is 5.32 Å². The van der Waals surface area contributed by atoms with Crippen LogP contribution >= 0.6 is 0 Å². The van der Waals surface area contributed by atoms with Crippen molar-refractivity contribution < 1.29 is 9.53 Å². The molecule has 5 heteroatoms. The van der Waals surface area contributed by atoms with Gasteiger partial charge < -0.3 is 10.1 Å². The van der Waals surface area contributed by atoms with Crippen LogP contribution in [0.1, 0.15) is 35.3 Å². The molecule has 1 aromatic carbocycles. The second kappa shape index (κ2) is 8.23. The van der Waals surface area contributed by atoms with E-state index in [-0.39, 0.29) is 18.1 Å². The van der Waals surface area contributed by atoms with Crippen LogP contribution in [0.3, 0.4) is 0 Å². The molecule has 1 aromatic heterocycles. The molecule has 2 aromatic rings. The Kier molecular flexibility index (Phi) is 5.79. The van der Waals surface area contributed by atoms with Gasteiger partial charge in [0.1, 0.15) is 0 Å². The highest BCUT2D eigenvalue weighted by atomic mass is 16.5. The summed E-state index contributed by atoms with van der Waals surface area (Å²) in [7, 11) is 0. The Morgan fingerprint density at radius 3 is 2.48 bits per heavy atom. The van der Waals surface area contributed by atoms with Gasteiger partial charge in [-0.25, -0.2) is 0 Å². The number of pyridine rings is 1. The topological polar surface area (TPSA) is 54.5 Å². The van der Waals surface area contributed by atoms with Crippen molar-refractivity contribution >= 4 is 5.91 Å². The molecule has 3 rings (SSSR count). The Hall–Kier alpha value is -2.24. The molecule has 2 atom stereocenters. The van der Waals surface area contributed by atoms with Crippen molar-refractivity contribution in [3.8, 4) is 0 Å². The van der Waals surface area contributed by atoms with Crippen LogP contribution in [0.5, 0.6) is 0 Å². The molecular weight excluding hydrogens is 314 g/mol. The van der Waals surface area contributed by atoms with Crippen LogP contribution in [-0.4, -0.2) is 41.1 Å². The van der Waals surface area contributed by atoms with Gasteiger partial charge in [0.2, 0.25) is 0 Å². The maximum Gasteiger partial charge on any atom is 0.253 e. The van der Waals surface area contributed by atoms with E-state index >= 15 is 0 Å². The molecule has 2 heterocycles. The van der Waals surface area contributed by atoms with E-state index in [1.165, 1.54) is 5.56 Å². The van der Waals surface area contributed by atoms with E-state index in [0.29, 0.717) is 12.1 Å². The van der Waals surface area contributed by atoms with Crippen molar-refractivity contribution in [3.05, 3.63) is 65.5 Å². The summed E-state index contributed by atoms with van der Waals surface area (Å²) >= 11 is 0. The van der Waals surface area contributed by atoms with Crippen molar-refractivity contribution in [1.29, 1.82) is 0 Å². The lowest BCUT2D eigenvalue weighted by molar-refractivity contribution is -0.0704. The molecule has 25 heavy (non-hydrogen) atoms. The molecule has 1 N–H and O–H groups in total. The summed E-state index contributed by atoms with van der Waals surface area (Å²) in [6.45, 7) is 7.62. The minimum atomic E-state index is -0.103. The van der Waals surface area contributed by atoms with Crippen LogP contribution in [0.15, 0.2) is 48.8 Å². The van der Waals surface area contributed by atoms with Crippen LogP contribution in [0, 0.1) is 0 Å². The van der Waals surface area contributed by atoms with E-state index in [0.717, 1.165) is 25.2 Å². The number of amides is 1. The van der Waals surface area contributed by atoms with Crippen LogP contribution in [-0.2, 0) is 17.8 Å². The van der Waals surface area contributed by atoms with E-state index in [4.69, 9.17) is 4.74 Å². The Labute approximate surface area is 149 Å². The largest absolute Gasteiger partial charge is 0.373 e. The number of morpholine rings is 1. The van der Waals surface area contributed by atoms with E-state index < -0.39 is 0 Å². The summed E-state index contributed by atoms with van der Waals surface area (Å²) in [6.07, 6.45) is 3.80. The fraction of sp³-hybridized carbons (Fsp3) is 0.400. The summed E-state index contributed by atoms with van der Waals surface area (Å²) in [5.41, 5.74) is 2.95. The summed E-state index contributed by atoms with van der Waals surface area (Å²) in [5, 5.41) is 2.92. The predicted molar refractivity (Wildman–Crippen MR) is 97.1 cm³/mol. The second-order valence-electron chi connectivity index (χ2n) is 6.69. The smallest absolute Gasteiger partial charge is 0.253 e. The number of hydrogen-bond acceptors (Lipinski definition) is 4. The molecule has 5 nitrogen and oxygen atoms in total. The van der Waals surface area contributed by atoms with Crippen molar-refractivity contribution in [3.63, 3.8) is 0 Å². The van der Waals surface area contributed by atoms with E-state index in [9.17, 15) is 4.79 Å². The van der Waals surface area contributed by atoms with Gasteiger partial charge in [0.25, 0.3) is 5.91 Å². The molecule has 1 aliphatic rings. The average molecular weight is 339 g/mol. The zero-order chi connectivity index (χ0) is 17.6. The molecule has 1 saturated heterocycles. The van der Waals surface area contributed by atoms with E-state index in [1.807, 2.05) is 0 Å². The Morgan fingerprint density at radius 1 is 1.16 bits per heavy atom. The molecule has 0 radical (unpaired) electrons. The first-order chi connectivity index (χ1) is 12.1. The number of carbonyl (C=O) groups excluding carboxylic acids is 1. The number of nitrogens with zero attached hydrogens (tertiary/aromatic N) is 2. The van der Waals surface area contributed by atoms with Crippen molar-refractivity contribution in [2.45, 2.75) is 39.1 Å². The predicted octanol–water partition coefficient (Wildman–Crippen LogP) is 2.62. The zero-order valence-corrected chi connectivity index (χ0v) is 14.8. The van der Waals surface area contributed by atoms with Gasteiger partial charge in [0.15, 0.2) is 0 Å². The molecule has 1 fully saturated rings. The molecule has 0 saturated carbocycles. The highest BCUT2D eigenvalue weighted by Crippen LogP contribution is 2.14. The molecule has 0 spiro atoms. The maximum absolute atomic E-state index is 12.0. The highest BCUT2D eigenvalue weighted by molar-refractivity contribution is 5.93. The Morgan fingerprint density at radius 2 is 1.84 bits per heavy atom. The minimum Gasteiger partial charge on any atom is -0.373 e. The van der Waals surface area contributed by atoms with Gasteiger partial charge in [-0.3, -0.25) is 14.7 Å². The first-order valence-corrected chi connectivity index (χ1v) is 8.74. The van der Waals surface area contributed by atoms with Crippen LogP contribution in [0.4, 0.5) is 0 Å². The van der Waals surface area contributed by atoms with Crippen LogP contribution in [0.25, 0.3) is 0 Å². The second-order valence-corrected chi connectivity index (χ2v) is 6.69. The third kappa shape index (κ3) is 5.11. The number of carbonyl (C=O) groups is 1. The van der Waals surface area contributed by atoms with Crippen molar-refractivity contribution in [2.75, 3.05) is 13.1 Å². The highest BCUT2D eigenvalue weighted by Gasteiger charge is 2.21. The van der Waals surface area contributed by atoms with E-state index in [2.05, 4.69) is 53.3 Å². The minimum absolute atomic E-state index is 0.103. The molecule has 1 amide bonds.